The molecular weight excluding hydrogens is 118 g/mol. The average molecular weight is 139 g/mol. The summed E-state index contributed by atoms with van der Waals surface area (Å²) in [5.41, 5.74) is 4.83. The molecule has 0 rings (SSSR count). The molecule has 0 aliphatic rings. The highest BCUT2D eigenvalue weighted by molar-refractivity contribution is 5.66. The van der Waals surface area contributed by atoms with Crippen LogP contribution >= 0.6 is 0 Å². The van der Waals surface area contributed by atoms with E-state index in [-0.39, 0.29) is 0 Å². The fraction of sp³-hybridized carbons (Fsp3) is 0.833. The van der Waals surface area contributed by atoms with E-state index in [1.807, 2.05) is 0 Å². The Hall–Kier alpha value is -0.570. The van der Waals surface area contributed by atoms with Crippen LogP contribution in [-0.2, 0) is 4.79 Å². The third-order valence-electron chi connectivity index (χ3n) is 0.463. The molecule has 0 aliphatic carbocycles. The van der Waals surface area contributed by atoms with Gasteiger partial charge in [-0.15, -0.1) is 0 Å². The molecule has 3 heteroatoms. The number of aliphatic carboxylic acids is 1. The van der Waals surface area contributed by atoms with Crippen molar-refractivity contribution in [3.05, 3.63) is 0 Å². The Morgan fingerprint density at radius 2 is 2.22 bits per heavy atom. The minimum atomic E-state index is -3.41. The van der Waals surface area contributed by atoms with E-state index in [2.05, 4.69) is 0 Å². The van der Waals surface area contributed by atoms with Crippen molar-refractivity contribution in [3.8, 4) is 0 Å². The second kappa shape index (κ2) is 5.56. The summed E-state index contributed by atoms with van der Waals surface area (Å²) in [6.07, 6.45) is -11.2. The number of carboxylic acids is 1. The Bertz CT molecular complexity index is 310. The van der Waals surface area contributed by atoms with Crippen LogP contribution in [0.3, 0.4) is 0 Å². The molecule has 0 saturated heterocycles. The highest BCUT2D eigenvalue weighted by Crippen LogP contribution is 1.97. The van der Waals surface area contributed by atoms with Gasteiger partial charge in [0.2, 0.25) is 0 Å². The summed E-state index contributed by atoms with van der Waals surface area (Å²) in [7, 11) is 0. The number of carboxylic acid groups (broad SMARTS) is 1. The molecule has 0 aromatic carbocycles. The van der Waals surface area contributed by atoms with Crippen LogP contribution in [0.25, 0.3) is 0 Å². The SMILES string of the molecule is [2H]C([2H])(N)C([2H])([2H])C([2H])([2H])C([2H])([2H])CC(=O)O. The van der Waals surface area contributed by atoms with E-state index in [1.165, 1.54) is 0 Å². The average Bonchev–Trinajstić information content (AvgIpc) is 1.98. The molecule has 0 spiro atoms. The second-order valence-electron chi connectivity index (χ2n) is 1.14. The topological polar surface area (TPSA) is 63.3 Å². The van der Waals surface area contributed by atoms with Gasteiger partial charge in [0.1, 0.15) is 0 Å². The summed E-state index contributed by atoms with van der Waals surface area (Å²) < 4.78 is 57.5. The van der Waals surface area contributed by atoms with Gasteiger partial charge in [-0.25, -0.2) is 0 Å². The molecule has 0 unspecified atom stereocenters. The number of carbonyl (C=O) groups is 1. The Morgan fingerprint density at radius 3 is 2.67 bits per heavy atom. The molecule has 0 aromatic heterocycles. The summed E-state index contributed by atoms with van der Waals surface area (Å²) in [5.74, 6) is -1.66. The fourth-order valence-electron chi connectivity index (χ4n) is 0.200. The van der Waals surface area contributed by atoms with Crippen LogP contribution in [0.1, 0.15) is 36.5 Å². The summed E-state index contributed by atoms with van der Waals surface area (Å²) in [5, 5.41) is 8.43. The molecule has 0 atom stereocenters. The molecule has 0 saturated carbocycles. The lowest BCUT2D eigenvalue weighted by Crippen LogP contribution is -1.99. The van der Waals surface area contributed by atoms with Gasteiger partial charge in [-0.2, -0.15) is 0 Å². The van der Waals surface area contributed by atoms with Crippen molar-refractivity contribution in [1.82, 2.24) is 0 Å². The molecule has 9 heavy (non-hydrogen) atoms. The maximum Gasteiger partial charge on any atom is 0.303 e. The molecule has 3 nitrogen and oxygen atoms in total. The molecule has 0 aliphatic heterocycles. The first-order valence-corrected chi connectivity index (χ1v) is 2.17. The predicted molar refractivity (Wildman–Crippen MR) is 35.2 cm³/mol. The quantitative estimate of drug-likeness (QED) is 0.586. The Kier molecular flexibility index (Phi) is 1.21. The second-order valence-corrected chi connectivity index (χ2v) is 1.14. The molecule has 3 N–H and O–H groups in total. The molecule has 0 amide bonds. The lowest BCUT2D eigenvalue weighted by Gasteiger charge is -1.93. The molecule has 0 bridgehead atoms. The van der Waals surface area contributed by atoms with E-state index < -0.39 is 38.0 Å². The fourth-order valence-corrected chi connectivity index (χ4v) is 0.200. The zero-order chi connectivity index (χ0) is 14.3. The Labute approximate surface area is 66.1 Å². The number of rotatable bonds is 5. The summed E-state index contributed by atoms with van der Waals surface area (Å²) >= 11 is 0. The third kappa shape index (κ3) is 7.43. The zero-order valence-corrected chi connectivity index (χ0v) is 4.64. The maximum absolute atomic E-state index is 10.4. The largest absolute Gasteiger partial charge is 0.481 e. The maximum atomic E-state index is 10.4. The van der Waals surface area contributed by atoms with E-state index >= 15 is 0 Å². The monoisotopic (exact) mass is 139 g/mol. The van der Waals surface area contributed by atoms with Gasteiger partial charge < -0.3 is 10.8 Å². The smallest absolute Gasteiger partial charge is 0.303 e. The van der Waals surface area contributed by atoms with Crippen molar-refractivity contribution in [2.24, 2.45) is 5.73 Å². The Balaban J connectivity index is 5.47. The molecular formula is C6H13NO2. The minimum Gasteiger partial charge on any atom is -0.481 e. The highest BCUT2D eigenvalue weighted by atomic mass is 16.4. The van der Waals surface area contributed by atoms with Crippen LogP contribution in [0.2, 0.25) is 0 Å². The van der Waals surface area contributed by atoms with Gasteiger partial charge >= 0.3 is 5.97 Å². The van der Waals surface area contributed by atoms with Crippen LogP contribution < -0.4 is 5.73 Å². The van der Waals surface area contributed by atoms with E-state index in [9.17, 15) is 4.79 Å². The van der Waals surface area contributed by atoms with Crippen molar-refractivity contribution in [3.63, 3.8) is 0 Å². The minimum absolute atomic E-state index is 1.30. The van der Waals surface area contributed by atoms with Crippen LogP contribution in [0.4, 0.5) is 0 Å². The third-order valence-corrected chi connectivity index (χ3v) is 0.463. The normalized spacial score (nSPS) is 29.0. The number of hydrogen-bond donors (Lipinski definition) is 2. The van der Waals surface area contributed by atoms with Crippen molar-refractivity contribution < 1.29 is 20.9 Å². The lowest BCUT2D eigenvalue weighted by atomic mass is 10.2. The molecule has 0 aromatic rings. The van der Waals surface area contributed by atoms with Gasteiger partial charge in [0.15, 0.2) is 0 Å². The first kappa shape index (κ1) is 1.95. The predicted octanol–water partition coefficient (Wildman–Crippen LogP) is 0.590. The zero-order valence-electron chi connectivity index (χ0n) is 12.6. The van der Waals surface area contributed by atoms with Crippen LogP contribution in [0, 0.1) is 0 Å². The van der Waals surface area contributed by atoms with Crippen molar-refractivity contribution >= 4 is 5.97 Å². The van der Waals surface area contributed by atoms with Gasteiger partial charge in [-0.1, -0.05) is 6.37 Å². The van der Waals surface area contributed by atoms with E-state index in [0.717, 1.165) is 0 Å². The summed E-state index contributed by atoms with van der Waals surface area (Å²) in [6.45, 7) is -3.15. The van der Waals surface area contributed by atoms with E-state index in [1.54, 1.807) is 0 Å². The van der Waals surface area contributed by atoms with Crippen molar-refractivity contribution in [2.75, 3.05) is 6.50 Å². The highest BCUT2D eigenvalue weighted by Gasteiger charge is 1.94. The van der Waals surface area contributed by atoms with Gasteiger partial charge in [0.05, 0.1) is 0 Å². The summed E-state index contributed by atoms with van der Waals surface area (Å²) in [6, 6.07) is 0. The van der Waals surface area contributed by atoms with Gasteiger partial charge in [-0.3, -0.25) is 4.79 Å². The van der Waals surface area contributed by atoms with Crippen LogP contribution in [-0.4, -0.2) is 17.6 Å². The first-order valence-electron chi connectivity index (χ1n) is 6.17. The molecule has 0 radical (unpaired) electrons. The van der Waals surface area contributed by atoms with E-state index in [0.29, 0.717) is 0 Å². The lowest BCUT2D eigenvalue weighted by molar-refractivity contribution is -0.137. The molecule has 0 fully saturated rings. The number of hydrogen-bond acceptors (Lipinski definition) is 2. The first-order chi connectivity index (χ1) is 7.17. The van der Waals surface area contributed by atoms with E-state index in [4.69, 9.17) is 21.8 Å². The molecule has 0 heterocycles. The number of nitrogens with two attached hydrogens (primary N) is 1. The Morgan fingerprint density at radius 1 is 1.56 bits per heavy atom. The summed E-state index contributed by atoms with van der Waals surface area (Å²) in [4.78, 5) is 10.4. The van der Waals surface area contributed by atoms with Gasteiger partial charge in [-0.05, 0) is 19.2 Å². The van der Waals surface area contributed by atoms with Crippen molar-refractivity contribution in [2.45, 2.75) is 25.5 Å². The molecule has 54 valence electrons. The van der Waals surface area contributed by atoms with Gasteiger partial charge in [0.25, 0.3) is 0 Å². The van der Waals surface area contributed by atoms with Gasteiger partial charge in [0, 0.05) is 17.4 Å². The van der Waals surface area contributed by atoms with Crippen LogP contribution in [0.5, 0.6) is 0 Å². The van der Waals surface area contributed by atoms with Crippen molar-refractivity contribution in [1.29, 1.82) is 0 Å². The standard InChI is InChI=1S/C6H13NO2/c7-5-3-1-2-4-6(8)9/h1-5,7H2,(H,8,9)/i1D2,2D2,3D2,5D2. The van der Waals surface area contributed by atoms with Crippen LogP contribution in [0.15, 0.2) is 0 Å².